The molecule has 90 valence electrons. The van der Waals surface area contributed by atoms with Gasteiger partial charge in [0.1, 0.15) is 11.5 Å². The van der Waals surface area contributed by atoms with Gasteiger partial charge in [0.15, 0.2) is 0 Å². The van der Waals surface area contributed by atoms with Crippen LogP contribution in [0.5, 0.6) is 11.5 Å². The van der Waals surface area contributed by atoms with E-state index in [1.807, 2.05) is 0 Å². The largest absolute Gasteiger partial charge is 0.494 e. The van der Waals surface area contributed by atoms with E-state index < -0.39 is 10.1 Å². The molecule has 0 aromatic heterocycles. The first kappa shape index (κ1) is 13.3. The topological polar surface area (TPSA) is 52.6 Å². The Bertz CT molecular complexity index is 413. The van der Waals surface area contributed by atoms with Crippen molar-refractivity contribution in [3.8, 4) is 11.5 Å². The smallest absolute Gasteiger partial charge is 0.306 e. The molecule has 0 fully saturated rings. The first-order valence-corrected chi connectivity index (χ1v) is 7.63. The van der Waals surface area contributed by atoms with E-state index in [-0.39, 0.29) is 5.75 Å². The van der Waals surface area contributed by atoms with Crippen LogP contribution in [0, 0.1) is 0 Å². The van der Waals surface area contributed by atoms with Crippen molar-refractivity contribution in [3.05, 3.63) is 24.3 Å². The summed E-state index contributed by atoms with van der Waals surface area (Å²) < 4.78 is 31.8. The number of hydrogen-bond acceptors (Lipinski definition) is 4. The van der Waals surface area contributed by atoms with E-state index in [4.69, 9.17) is 8.92 Å². The van der Waals surface area contributed by atoms with Crippen LogP contribution in [-0.2, 0) is 10.1 Å². The van der Waals surface area contributed by atoms with E-state index in [1.165, 1.54) is 0 Å². The predicted molar refractivity (Wildman–Crippen MR) is 65.8 cm³/mol. The zero-order valence-corrected chi connectivity index (χ0v) is 11.3. The molecule has 6 heteroatoms. The quantitative estimate of drug-likeness (QED) is 0.459. The summed E-state index contributed by atoms with van der Waals surface area (Å²) in [6.45, 7) is 0.623. The molecule has 0 N–H and O–H groups in total. The summed E-state index contributed by atoms with van der Waals surface area (Å²) in [7, 11) is -3.46. The third kappa shape index (κ3) is 5.37. The van der Waals surface area contributed by atoms with Gasteiger partial charge in [0.2, 0.25) is 0 Å². The highest BCUT2D eigenvalue weighted by Gasteiger charge is 2.03. The summed E-state index contributed by atoms with van der Waals surface area (Å²) in [6, 6.07) is 6.47. The fraction of sp³-hybridized carbons (Fsp3) is 0.400. The molecule has 0 heterocycles. The van der Waals surface area contributed by atoms with Gasteiger partial charge < -0.3 is 8.92 Å². The van der Waals surface area contributed by atoms with Gasteiger partial charge in [-0.15, -0.1) is 0 Å². The van der Waals surface area contributed by atoms with Crippen LogP contribution < -0.4 is 8.92 Å². The van der Waals surface area contributed by atoms with E-state index in [2.05, 4.69) is 15.9 Å². The highest BCUT2D eigenvalue weighted by molar-refractivity contribution is 9.09. The molecular weight excluding hydrogens is 296 g/mol. The zero-order chi connectivity index (χ0) is 12.0. The van der Waals surface area contributed by atoms with Crippen LogP contribution in [0.2, 0.25) is 0 Å². The Labute approximate surface area is 104 Å². The Balaban J connectivity index is 2.54. The molecule has 16 heavy (non-hydrogen) atoms. The molecule has 0 atom stereocenters. The molecule has 0 spiro atoms. The molecule has 4 nitrogen and oxygen atoms in total. The van der Waals surface area contributed by atoms with Gasteiger partial charge in [0.25, 0.3) is 0 Å². The van der Waals surface area contributed by atoms with Crippen molar-refractivity contribution in [1.29, 1.82) is 0 Å². The molecule has 1 rings (SSSR count). The number of halogens is 1. The van der Waals surface area contributed by atoms with Gasteiger partial charge in [-0.3, -0.25) is 0 Å². The lowest BCUT2D eigenvalue weighted by molar-refractivity contribution is 0.319. The van der Waals surface area contributed by atoms with Gasteiger partial charge in [0, 0.05) is 5.33 Å². The van der Waals surface area contributed by atoms with Crippen LogP contribution in [0.4, 0.5) is 0 Å². The Hall–Kier alpha value is -0.750. The Morgan fingerprint density at radius 3 is 2.25 bits per heavy atom. The van der Waals surface area contributed by atoms with Crippen molar-refractivity contribution in [3.63, 3.8) is 0 Å². The second kappa shape index (κ2) is 6.10. The molecule has 0 amide bonds. The van der Waals surface area contributed by atoms with E-state index in [0.29, 0.717) is 12.4 Å². The monoisotopic (exact) mass is 308 g/mol. The average molecular weight is 309 g/mol. The lowest BCUT2D eigenvalue weighted by Gasteiger charge is -2.06. The molecule has 0 saturated carbocycles. The maximum Gasteiger partial charge on any atom is 0.306 e. The van der Waals surface area contributed by atoms with Crippen LogP contribution in [0.25, 0.3) is 0 Å². The van der Waals surface area contributed by atoms with Gasteiger partial charge in [0.05, 0.1) is 12.9 Å². The Morgan fingerprint density at radius 1 is 1.19 bits per heavy atom. The molecule has 1 aromatic rings. The van der Waals surface area contributed by atoms with Gasteiger partial charge in [-0.25, -0.2) is 0 Å². The second-order valence-electron chi connectivity index (χ2n) is 3.15. The second-order valence-corrected chi connectivity index (χ2v) is 5.52. The number of hydrogen-bond donors (Lipinski definition) is 0. The summed E-state index contributed by atoms with van der Waals surface area (Å²) in [6.07, 6.45) is 1.93. The molecule has 0 saturated heterocycles. The molecule has 0 aliphatic carbocycles. The van der Waals surface area contributed by atoms with Crippen molar-refractivity contribution in [2.45, 2.75) is 6.42 Å². The van der Waals surface area contributed by atoms with Crippen LogP contribution in [0.15, 0.2) is 24.3 Å². The number of ether oxygens (including phenoxy) is 1. The van der Waals surface area contributed by atoms with Gasteiger partial charge in [-0.05, 0) is 30.7 Å². The summed E-state index contributed by atoms with van der Waals surface area (Å²) in [4.78, 5) is 0. The SMILES string of the molecule is CS(=O)(=O)Oc1ccc(OCCCBr)cc1. The van der Waals surface area contributed by atoms with Crippen molar-refractivity contribution in [2.75, 3.05) is 18.2 Å². The van der Waals surface area contributed by atoms with E-state index >= 15 is 0 Å². The molecule has 1 aromatic carbocycles. The molecule has 0 bridgehead atoms. The highest BCUT2D eigenvalue weighted by Crippen LogP contribution is 2.18. The highest BCUT2D eigenvalue weighted by atomic mass is 79.9. The van der Waals surface area contributed by atoms with Crippen LogP contribution in [0.1, 0.15) is 6.42 Å². The van der Waals surface area contributed by atoms with Gasteiger partial charge in [-0.1, -0.05) is 15.9 Å². The minimum atomic E-state index is -3.46. The number of alkyl halides is 1. The summed E-state index contributed by atoms with van der Waals surface area (Å²) in [5.74, 6) is 0.983. The summed E-state index contributed by atoms with van der Waals surface area (Å²) in [5.41, 5.74) is 0. The molecular formula is C10H13BrO4S. The lowest BCUT2D eigenvalue weighted by atomic mass is 10.3. The zero-order valence-electron chi connectivity index (χ0n) is 8.85. The van der Waals surface area contributed by atoms with Gasteiger partial charge >= 0.3 is 10.1 Å². The maximum atomic E-state index is 10.8. The standard InChI is InChI=1S/C10H13BrO4S/c1-16(12,13)15-10-5-3-9(4-6-10)14-8-2-7-11/h3-6H,2,7-8H2,1H3. The van der Waals surface area contributed by atoms with Crippen molar-refractivity contribution in [2.24, 2.45) is 0 Å². The molecule has 0 aliphatic heterocycles. The minimum Gasteiger partial charge on any atom is -0.494 e. The summed E-state index contributed by atoms with van der Waals surface area (Å²) in [5, 5.41) is 0.891. The molecule has 0 unspecified atom stereocenters. The van der Waals surface area contributed by atoms with E-state index in [9.17, 15) is 8.42 Å². The van der Waals surface area contributed by atoms with E-state index in [0.717, 1.165) is 18.0 Å². The Morgan fingerprint density at radius 2 is 1.75 bits per heavy atom. The maximum absolute atomic E-state index is 10.8. The number of benzene rings is 1. The number of rotatable bonds is 6. The predicted octanol–water partition coefficient (Wildman–Crippen LogP) is 2.19. The van der Waals surface area contributed by atoms with Gasteiger partial charge in [-0.2, -0.15) is 8.42 Å². The molecule has 0 radical (unpaired) electrons. The van der Waals surface area contributed by atoms with Crippen LogP contribution >= 0.6 is 15.9 Å². The lowest BCUT2D eigenvalue weighted by Crippen LogP contribution is -2.05. The molecule has 0 aliphatic rings. The Kier molecular flexibility index (Phi) is 5.08. The van der Waals surface area contributed by atoms with Crippen molar-refractivity contribution < 1.29 is 17.3 Å². The fourth-order valence-electron chi connectivity index (χ4n) is 1.01. The van der Waals surface area contributed by atoms with Crippen LogP contribution in [0.3, 0.4) is 0 Å². The van der Waals surface area contributed by atoms with Crippen molar-refractivity contribution in [1.82, 2.24) is 0 Å². The summed E-state index contributed by atoms with van der Waals surface area (Å²) >= 11 is 3.30. The average Bonchev–Trinajstić information content (AvgIpc) is 2.19. The van der Waals surface area contributed by atoms with E-state index in [1.54, 1.807) is 24.3 Å². The third-order valence-electron chi connectivity index (χ3n) is 1.62. The minimum absolute atomic E-state index is 0.287. The fourth-order valence-corrected chi connectivity index (χ4v) is 1.70. The van der Waals surface area contributed by atoms with Crippen molar-refractivity contribution >= 4 is 26.0 Å². The first-order valence-electron chi connectivity index (χ1n) is 4.69. The van der Waals surface area contributed by atoms with Crippen LogP contribution in [-0.4, -0.2) is 26.6 Å². The third-order valence-corrected chi connectivity index (χ3v) is 2.67. The normalized spacial score (nSPS) is 11.1. The first-order chi connectivity index (χ1) is 7.51.